The molecule has 2 N–H and O–H groups in total. The molecule has 0 unspecified atom stereocenters. The van der Waals surface area contributed by atoms with Gasteiger partial charge in [-0.3, -0.25) is 0 Å². The number of nitrogens with one attached hydrogen (secondary N) is 2. The van der Waals surface area contributed by atoms with Gasteiger partial charge in [-0.2, -0.15) is 0 Å². The smallest absolute Gasteiger partial charge is 0.323 e. The number of hydrogen-bond donors (Lipinski definition) is 2. The number of carbonyl (C=O) groups excluding carboxylic acids is 1. The van der Waals surface area contributed by atoms with Crippen molar-refractivity contribution >= 4 is 17.4 Å². The van der Waals surface area contributed by atoms with Gasteiger partial charge in [0.1, 0.15) is 12.4 Å². The lowest BCUT2D eigenvalue weighted by molar-refractivity contribution is 0.262. The number of benzene rings is 3. The molecule has 3 aromatic carbocycles. The maximum Gasteiger partial charge on any atom is 0.323 e. The number of carbonyl (C=O) groups is 1. The van der Waals surface area contributed by atoms with Gasteiger partial charge in [0.05, 0.1) is 5.69 Å². The molecule has 4 nitrogen and oxygen atoms in total. The first kappa shape index (κ1) is 18.3. The molecule has 0 saturated carbocycles. The second kappa shape index (κ2) is 8.27. The van der Waals surface area contributed by atoms with Crippen LogP contribution in [-0.2, 0) is 6.61 Å². The van der Waals surface area contributed by atoms with Gasteiger partial charge in [0.15, 0.2) is 17.5 Å². The van der Waals surface area contributed by atoms with Crippen LogP contribution in [0.2, 0.25) is 0 Å². The van der Waals surface area contributed by atoms with Crippen molar-refractivity contribution in [2.45, 2.75) is 6.61 Å². The second-order valence-electron chi connectivity index (χ2n) is 5.60. The molecule has 27 heavy (non-hydrogen) atoms. The highest BCUT2D eigenvalue weighted by Crippen LogP contribution is 2.21. The van der Waals surface area contributed by atoms with Crippen molar-refractivity contribution < 1.29 is 22.7 Å². The molecule has 2 amide bonds. The van der Waals surface area contributed by atoms with Gasteiger partial charge < -0.3 is 15.4 Å². The molecule has 7 heteroatoms. The minimum Gasteiger partial charge on any atom is -0.489 e. The molecular formula is C20H15F3N2O2. The molecule has 0 spiro atoms. The summed E-state index contributed by atoms with van der Waals surface area (Å²) in [5.41, 5.74) is 0.976. The summed E-state index contributed by atoms with van der Waals surface area (Å²) in [7, 11) is 0. The average Bonchev–Trinajstić information content (AvgIpc) is 2.69. The van der Waals surface area contributed by atoms with Crippen LogP contribution in [0.3, 0.4) is 0 Å². The lowest BCUT2D eigenvalue weighted by atomic mass is 10.2. The van der Waals surface area contributed by atoms with Gasteiger partial charge in [-0.15, -0.1) is 0 Å². The number of anilines is 2. The summed E-state index contributed by atoms with van der Waals surface area (Å²) >= 11 is 0. The Balaban J connectivity index is 1.56. The molecule has 0 aliphatic heterocycles. The largest absolute Gasteiger partial charge is 0.489 e. The molecule has 0 fully saturated rings. The summed E-state index contributed by atoms with van der Waals surface area (Å²) < 4.78 is 45.3. The normalized spacial score (nSPS) is 10.3. The van der Waals surface area contributed by atoms with Crippen LogP contribution in [-0.4, -0.2) is 6.03 Å². The zero-order chi connectivity index (χ0) is 19.2. The van der Waals surface area contributed by atoms with Crippen LogP contribution in [0.1, 0.15) is 5.56 Å². The van der Waals surface area contributed by atoms with E-state index in [4.69, 9.17) is 4.74 Å². The highest BCUT2D eigenvalue weighted by Gasteiger charge is 2.15. The van der Waals surface area contributed by atoms with Gasteiger partial charge in [-0.05, 0) is 42.0 Å². The summed E-state index contributed by atoms with van der Waals surface area (Å²) in [5.74, 6) is -3.83. The van der Waals surface area contributed by atoms with Crippen molar-refractivity contribution in [3.05, 3.63) is 89.7 Å². The van der Waals surface area contributed by atoms with E-state index in [9.17, 15) is 18.0 Å². The minimum absolute atomic E-state index is 0.406. The molecule has 0 aliphatic rings. The van der Waals surface area contributed by atoms with E-state index in [-0.39, 0.29) is 0 Å². The minimum atomic E-state index is -1.65. The lowest BCUT2D eigenvalue weighted by Crippen LogP contribution is -2.20. The fourth-order valence-corrected chi connectivity index (χ4v) is 2.28. The fourth-order valence-electron chi connectivity index (χ4n) is 2.28. The van der Waals surface area contributed by atoms with Crippen molar-refractivity contribution in [1.29, 1.82) is 0 Å². The molecule has 0 atom stereocenters. The van der Waals surface area contributed by atoms with Crippen LogP contribution in [0.15, 0.2) is 66.7 Å². The zero-order valence-electron chi connectivity index (χ0n) is 14.0. The van der Waals surface area contributed by atoms with Gasteiger partial charge in [0, 0.05) is 5.69 Å². The summed E-state index contributed by atoms with van der Waals surface area (Å²) in [6.45, 7) is 0.406. The maximum absolute atomic E-state index is 13.6. The topological polar surface area (TPSA) is 50.4 Å². The summed E-state index contributed by atoms with van der Waals surface area (Å²) in [6.07, 6.45) is 0. The van der Waals surface area contributed by atoms with Crippen LogP contribution in [0.4, 0.5) is 29.3 Å². The Morgan fingerprint density at radius 2 is 1.52 bits per heavy atom. The number of ether oxygens (including phenoxy) is 1. The van der Waals surface area contributed by atoms with Gasteiger partial charge >= 0.3 is 6.03 Å². The first-order chi connectivity index (χ1) is 13.0. The third-order valence-corrected chi connectivity index (χ3v) is 3.64. The van der Waals surface area contributed by atoms with Crippen molar-refractivity contribution in [3.8, 4) is 5.75 Å². The number of urea groups is 1. The van der Waals surface area contributed by atoms with Crippen LogP contribution in [0, 0.1) is 17.5 Å². The van der Waals surface area contributed by atoms with E-state index in [0.717, 1.165) is 17.7 Å². The predicted octanol–water partition coefficient (Wildman–Crippen LogP) is 5.33. The third kappa shape index (κ3) is 4.78. The van der Waals surface area contributed by atoms with E-state index in [1.54, 1.807) is 24.3 Å². The van der Waals surface area contributed by atoms with Gasteiger partial charge in [0.25, 0.3) is 0 Å². The van der Waals surface area contributed by atoms with E-state index in [2.05, 4.69) is 10.6 Å². The van der Waals surface area contributed by atoms with E-state index >= 15 is 0 Å². The number of amides is 2. The number of hydrogen-bond acceptors (Lipinski definition) is 2. The molecule has 0 bridgehead atoms. The SMILES string of the molecule is O=C(Nc1ccc(OCc2ccccc2)cc1)Nc1ccc(F)c(F)c1F. The first-order valence-corrected chi connectivity index (χ1v) is 8.01. The Morgan fingerprint density at radius 1 is 0.815 bits per heavy atom. The van der Waals surface area contributed by atoms with Crippen molar-refractivity contribution in [2.75, 3.05) is 10.6 Å². The number of halogens is 3. The Labute approximate surface area is 153 Å². The lowest BCUT2D eigenvalue weighted by Gasteiger charge is -2.10. The molecule has 0 saturated heterocycles. The summed E-state index contributed by atoms with van der Waals surface area (Å²) in [5, 5.41) is 4.59. The van der Waals surface area contributed by atoms with Gasteiger partial charge in [-0.1, -0.05) is 30.3 Å². The van der Waals surface area contributed by atoms with E-state index in [0.29, 0.717) is 18.0 Å². The molecule has 138 valence electrons. The Morgan fingerprint density at radius 3 is 2.22 bits per heavy atom. The van der Waals surface area contributed by atoms with Crippen molar-refractivity contribution in [1.82, 2.24) is 0 Å². The monoisotopic (exact) mass is 372 g/mol. The quantitative estimate of drug-likeness (QED) is 0.595. The first-order valence-electron chi connectivity index (χ1n) is 8.01. The van der Waals surface area contributed by atoms with Gasteiger partial charge in [0.2, 0.25) is 0 Å². The Bertz CT molecular complexity index is 932. The summed E-state index contributed by atoms with van der Waals surface area (Å²) in [6, 6.07) is 17.0. The van der Waals surface area contributed by atoms with Crippen LogP contribution >= 0.6 is 0 Å². The predicted molar refractivity (Wildman–Crippen MR) is 96.2 cm³/mol. The van der Waals surface area contributed by atoms with Crippen LogP contribution < -0.4 is 15.4 Å². The molecule has 0 heterocycles. The van der Waals surface area contributed by atoms with E-state index in [1.807, 2.05) is 30.3 Å². The van der Waals surface area contributed by atoms with Crippen LogP contribution in [0.5, 0.6) is 5.75 Å². The van der Waals surface area contributed by atoms with Crippen LogP contribution in [0.25, 0.3) is 0 Å². The Hall–Kier alpha value is -3.48. The van der Waals surface area contributed by atoms with Crippen molar-refractivity contribution in [2.24, 2.45) is 0 Å². The zero-order valence-corrected chi connectivity index (χ0v) is 14.0. The van der Waals surface area contributed by atoms with E-state index < -0.39 is 29.2 Å². The van der Waals surface area contributed by atoms with Gasteiger partial charge in [-0.25, -0.2) is 18.0 Å². The standard InChI is InChI=1S/C20H15F3N2O2/c21-16-10-11-17(19(23)18(16)22)25-20(26)24-14-6-8-15(9-7-14)27-12-13-4-2-1-3-5-13/h1-11H,12H2,(H2,24,25,26). The highest BCUT2D eigenvalue weighted by atomic mass is 19.2. The average molecular weight is 372 g/mol. The molecular weight excluding hydrogens is 357 g/mol. The molecule has 0 radical (unpaired) electrons. The number of rotatable bonds is 5. The third-order valence-electron chi connectivity index (χ3n) is 3.64. The second-order valence-corrected chi connectivity index (χ2v) is 5.60. The Kier molecular flexibility index (Phi) is 5.61. The highest BCUT2D eigenvalue weighted by molar-refractivity contribution is 5.99. The van der Waals surface area contributed by atoms with Crippen molar-refractivity contribution in [3.63, 3.8) is 0 Å². The summed E-state index contributed by atoms with van der Waals surface area (Å²) in [4.78, 5) is 11.9. The molecule has 3 rings (SSSR count). The molecule has 0 aromatic heterocycles. The molecule has 0 aliphatic carbocycles. The van der Waals surface area contributed by atoms with E-state index in [1.165, 1.54) is 0 Å². The maximum atomic E-state index is 13.6. The fraction of sp³-hybridized carbons (Fsp3) is 0.0500. The molecule has 3 aromatic rings.